The smallest absolute Gasteiger partial charge is 0.323 e. The normalized spacial score (nSPS) is 17.6. The van der Waals surface area contributed by atoms with Gasteiger partial charge in [-0.2, -0.15) is 0 Å². The Balaban J connectivity index is 1.14. The van der Waals surface area contributed by atoms with Crippen molar-refractivity contribution in [1.29, 1.82) is 0 Å². The van der Waals surface area contributed by atoms with Crippen LogP contribution in [0.15, 0.2) is 53.1 Å². The molecule has 2 aromatic heterocycles. The van der Waals surface area contributed by atoms with Crippen molar-refractivity contribution in [3.8, 4) is 10.4 Å². The molecule has 0 aliphatic heterocycles. The largest absolute Gasteiger partial charge is 0.426 e. The number of carbonyl (C=O) groups is 1. The van der Waals surface area contributed by atoms with Crippen molar-refractivity contribution in [1.82, 2.24) is 15.2 Å². The van der Waals surface area contributed by atoms with Crippen LogP contribution >= 0.6 is 11.3 Å². The number of hydrogen-bond acceptors (Lipinski definition) is 6. The van der Waals surface area contributed by atoms with Gasteiger partial charge >= 0.3 is 6.03 Å². The molecule has 2 amide bonds. The van der Waals surface area contributed by atoms with Gasteiger partial charge in [0.1, 0.15) is 11.6 Å². The summed E-state index contributed by atoms with van der Waals surface area (Å²) < 4.78 is 32.1. The minimum Gasteiger partial charge on any atom is -0.426 e. The number of nitrogens with one attached hydrogen (secondary N) is 2. The number of carbonyl (C=O) groups excluding carboxylic acids is 1. The monoisotopic (exact) mass is 509 g/mol. The van der Waals surface area contributed by atoms with E-state index >= 15 is 0 Å². The number of rotatable bonds is 6. The summed E-state index contributed by atoms with van der Waals surface area (Å²) in [5, 5.41) is 14.3. The Kier molecular flexibility index (Phi) is 7.04. The molecule has 5 rings (SSSR count). The van der Waals surface area contributed by atoms with Crippen LogP contribution in [0, 0.1) is 24.5 Å². The zero-order chi connectivity index (χ0) is 25.1. The third-order valence-electron chi connectivity index (χ3n) is 6.30. The van der Waals surface area contributed by atoms with Crippen LogP contribution in [0.1, 0.15) is 48.4 Å². The predicted octanol–water partition coefficient (Wildman–Crippen LogP) is 6.94. The van der Waals surface area contributed by atoms with E-state index in [2.05, 4.69) is 20.8 Å². The molecule has 1 aliphatic carbocycles. The molecule has 2 heterocycles. The second-order valence-electron chi connectivity index (χ2n) is 9.01. The summed E-state index contributed by atoms with van der Waals surface area (Å²) in [5.41, 5.74) is 1.61. The lowest BCUT2D eigenvalue weighted by molar-refractivity contribution is 0.262. The highest BCUT2D eigenvalue weighted by molar-refractivity contribution is 7.15. The zero-order valence-electron chi connectivity index (χ0n) is 19.6. The van der Waals surface area contributed by atoms with Gasteiger partial charge in [0, 0.05) is 42.9 Å². The fourth-order valence-corrected chi connectivity index (χ4v) is 5.62. The maximum atomic E-state index is 13.3. The van der Waals surface area contributed by atoms with E-state index in [0.29, 0.717) is 23.4 Å². The molecular weight excluding hydrogens is 484 g/mol. The van der Waals surface area contributed by atoms with E-state index in [0.717, 1.165) is 71.6 Å². The maximum absolute atomic E-state index is 13.3. The van der Waals surface area contributed by atoms with Crippen LogP contribution in [0.4, 0.5) is 25.0 Å². The van der Waals surface area contributed by atoms with E-state index in [1.54, 1.807) is 23.5 Å². The van der Waals surface area contributed by atoms with Gasteiger partial charge in [0.2, 0.25) is 11.8 Å². The summed E-state index contributed by atoms with van der Waals surface area (Å²) in [6.45, 7) is 1.81. The Bertz CT molecular complexity index is 1330. The number of anilines is 2. The Hall–Kier alpha value is -3.66. The van der Waals surface area contributed by atoms with Crippen LogP contribution in [0.5, 0.6) is 0 Å². The molecule has 2 N–H and O–H groups in total. The van der Waals surface area contributed by atoms with Gasteiger partial charge in [-0.05, 0) is 61.4 Å². The van der Waals surface area contributed by atoms with E-state index in [-0.39, 0.29) is 5.69 Å². The molecule has 7 nitrogen and oxygen atoms in total. The van der Waals surface area contributed by atoms with Crippen molar-refractivity contribution in [3.63, 3.8) is 0 Å². The number of amides is 2. The van der Waals surface area contributed by atoms with Crippen molar-refractivity contribution in [3.05, 3.63) is 77.1 Å². The highest BCUT2D eigenvalue weighted by Crippen LogP contribution is 2.40. The Morgan fingerprint density at radius 1 is 1.00 bits per heavy atom. The number of urea groups is 1. The molecule has 0 saturated heterocycles. The van der Waals surface area contributed by atoms with Crippen molar-refractivity contribution < 1.29 is 18.0 Å². The average Bonchev–Trinajstić information content (AvgIpc) is 3.49. The zero-order valence-corrected chi connectivity index (χ0v) is 20.4. The number of hydrogen-bond donors (Lipinski definition) is 2. The van der Waals surface area contributed by atoms with Crippen LogP contribution < -0.4 is 10.6 Å². The van der Waals surface area contributed by atoms with Crippen LogP contribution in [0.2, 0.25) is 0 Å². The van der Waals surface area contributed by atoms with E-state index in [1.165, 1.54) is 0 Å². The van der Waals surface area contributed by atoms with E-state index < -0.39 is 17.7 Å². The standard InChI is InChI=1S/C26H25F2N5O2S/c1-15-32-33-24(35-15)10-16-2-4-18(5-3-16)25-29-14-23(36-25)17-6-8-21(9-7-17)30-26(34)31-22-12-19(27)11-20(28)13-22/h6-9,11-14,16,18H,2-5,10H2,1H3,(H2,30,31,34). The molecule has 0 radical (unpaired) electrons. The lowest BCUT2D eigenvalue weighted by Gasteiger charge is -2.26. The number of halogens is 2. The highest BCUT2D eigenvalue weighted by atomic mass is 32.1. The second kappa shape index (κ2) is 10.5. The Morgan fingerprint density at radius 3 is 2.36 bits per heavy atom. The van der Waals surface area contributed by atoms with Gasteiger partial charge < -0.3 is 15.1 Å². The summed E-state index contributed by atoms with van der Waals surface area (Å²) in [6.07, 6.45) is 7.17. The van der Waals surface area contributed by atoms with Crippen LogP contribution in [-0.4, -0.2) is 21.2 Å². The number of nitrogens with zero attached hydrogens (tertiary/aromatic N) is 3. The summed E-state index contributed by atoms with van der Waals surface area (Å²) in [5.74, 6) is 0.850. The van der Waals surface area contributed by atoms with Crippen molar-refractivity contribution in [2.75, 3.05) is 10.6 Å². The average molecular weight is 510 g/mol. The van der Waals surface area contributed by atoms with Crippen molar-refractivity contribution in [2.45, 2.75) is 44.9 Å². The minimum absolute atomic E-state index is 0.0394. The van der Waals surface area contributed by atoms with Gasteiger partial charge in [-0.15, -0.1) is 21.5 Å². The maximum Gasteiger partial charge on any atom is 0.323 e. The molecule has 0 atom stereocenters. The molecule has 186 valence electrons. The molecular formula is C26H25F2N5O2S. The van der Waals surface area contributed by atoms with Crippen LogP contribution in [-0.2, 0) is 6.42 Å². The van der Waals surface area contributed by atoms with E-state index in [1.807, 2.05) is 25.3 Å². The first-order valence-corrected chi connectivity index (χ1v) is 12.6. The van der Waals surface area contributed by atoms with Gasteiger partial charge in [-0.3, -0.25) is 0 Å². The van der Waals surface area contributed by atoms with Gasteiger partial charge in [0.15, 0.2) is 0 Å². The first-order valence-electron chi connectivity index (χ1n) is 11.8. The molecule has 1 aliphatic rings. The molecule has 2 aromatic carbocycles. The molecule has 1 fully saturated rings. The van der Waals surface area contributed by atoms with Gasteiger partial charge in [-0.25, -0.2) is 18.6 Å². The third kappa shape index (κ3) is 5.93. The Morgan fingerprint density at radius 2 is 1.69 bits per heavy atom. The molecule has 0 unspecified atom stereocenters. The van der Waals surface area contributed by atoms with Gasteiger partial charge in [0.05, 0.1) is 9.88 Å². The molecule has 1 saturated carbocycles. The molecule has 0 spiro atoms. The van der Waals surface area contributed by atoms with Gasteiger partial charge in [-0.1, -0.05) is 12.1 Å². The highest BCUT2D eigenvalue weighted by Gasteiger charge is 2.26. The first-order chi connectivity index (χ1) is 17.4. The van der Waals surface area contributed by atoms with E-state index in [4.69, 9.17) is 9.40 Å². The lowest BCUT2D eigenvalue weighted by atomic mass is 9.81. The number of thiazole rings is 1. The molecule has 10 heteroatoms. The molecule has 0 bridgehead atoms. The summed E-state index contributed by atoms with van der Waals surface area (Å²) in [6, 6.07) is 9.66. The lowest BCUT2D eigenvalue weighted by Crippen LogP contribution is -2.19. The molecule has 4 aromatic rings. The number of benzene rings is 2. The van der Waals surface area contributed by atoms with Crippen molar-refractivity contribution >= 4 is 28.7 Å². The second-order valence-corrected chi connectivity index (χ2v) is 10.1. The van der Waals surface area contributed by atoms with Crippen molar-refractivity contribution in [2.24, 2.45) is 5.92 Å². The first kappa shape index (κ1) is 24.1. The topological polar surface area (TPSA) is 92.9 Å². The number of aryl methyl sites for hydroxylation is 1. The molecule has 36 heavy (non-hydrogen) atoms. The summed E-state index contributed by atoms with van der Waals surface area (Å²) in [4.78, 5) is 17.9. The van der Waals surface area contributed by atoms with E-state index in [9.17, 15) is 13.6 Å². The number of aromatic nitrogens is 3. The minimum atomic E-state index is -0.759. The van der Waals surface area contributed by atoms with Gasteiger partial charge in [0.25, 0.3) is 0 Å². The summed E-state index contributed by atoms with van der Waals surface area (Å²) in [7, 11) is 0. The quantitative estimate of drug-likeness (QED) is 0.294. The predicted molar refractivity (Wildman–Crippen MR) is 134 cm³/mol. The SMILES string of the molecule is Cc1nnc(CC2CCC(c3ncc(-c4ccc(NC(=O)Nc5cc(F)cc(F)c5)cc4)s3)CC2)o1. The van der Waals surface area contributed by atoms with Crippen LogP contribution in [0.25, 0.3) is 10.4 Å². The fourth-order valence-electron chi connectivity index (χ4n) is 4.53. The third-order valence-corrected chi connectivity index (χ3v) is 7.51. The fraction of sp³-hybridized carbons (Fsp3) is 0.308. The van der Waals surface area contributed by atoms with Crippen LogP contribution in [0.3, 0.4) is 0 Å². The summed E-state index contributed by atoms with van der Waals surface area (Å²) >= 11 is 1.70. The Labute approximate surface area is 211 Å².